The van der Waals surface area contributed by atoms with Crippen molar-refractivity contribution in [2.45, 2.75) is 135 Å². The van der Waals surface area contributed by atoms with Crippen molar-refractivity contribution in [2.24, 2.45) is 0 Å². The van der Waals surface area contributed by atoms with Crippen molar-refractivity contribution in [3.63, 3.8) is 0 Å². The fraction of sp³-hybridized carbons (Fsp3) is 0.615. The quantitative estimate of drug-likeness (QED) is 0.0959. The monoisotopic (exact) mass is 620 g/mol. The Labute approximate surface area is 273 Å². The summed E-state index contributed by atoms with van der Waals surface area (Å²) in [6.45, 7) is 8.25. The molecule has 0 aliphatic carbocycles. The summed E-state index contributed by atoms with van der Waals surface area (Å²) in [5.74, 6) is 0.127. The molecule has 3 unspecified atom stereocenters. The topological polar surface area (TPSA) is 71.0 Å². The van der Waals surface area contributed by atoms with Crippen molar-refractivity contribution in [2.75, 3.05) is 20.1 Å². The van der Waals surface area contributed by atoms with E-state index in [9.17, 15) is 9.90 Å². The molecule has 1 aliphatic heterocycles. The van der Waals surface area contributed by atoms with Gasteiger partial charge in [-0.05, 0) is 30.2 Å². The number of hydrogen-bond donors (Lipinski definition) is 2. The molecule has 0 spiro atoms. The average Bonchev–Trinajstić information content (AvgIpc) is 3.06. The number of likely N-dealkylation sites (N-methyl/N-ethyl adjacent to an activating group) is 1. The number of carbonyl (C=O) groups excluding carboxylic acids is 1. The van der Waals surface area contributed by atoms with Crippen LogP contribution in [0.1, 0.15) is 138 Å². The Hall–Kier alpha value is -2.51. The number of amides is 1. The Bertz CT molecular complexity index is 1070. The molecule has 6 nitrogen and oxygen atoms in total. The van der Waals surface area contributed by atoms with E-state index in [0.29, 0.717) is 13.0 Å². The van der Waals surface area contributed by atoms with Gasteiger partial charge in [0.15, 0.2) is 6.29 Å². The van der Waals surface area contributed by atoms with E-state index in [1.165, 1.54) is 70.6 Å². The normalized spacial score (nSPS) is 18.3. The predicted molar refractivity (Wildman–Crippen MR) is 185 cm³/mol. The van der Waals surface area contributed by atoms with Gasteiger partial charge in [-0.3, -0.25) is 4.79 Å². The van der Waals surface area contributed by atoms with E-state index >= 15 is 0 Å². The molecule has 1 saturated heterocycles. The van der Waals surface area contributed by atoms with Crippen LogP contribution in [0.2, 0.25) is 0 Å². The van der Waals surface area contributed by atoms with Crippen molar-refractivity contribution in [3.8, 4) is 0 Å². The van der Waals surface area contributed by atoms with E-state index in [2.05, 4.69) is 30.8 Å². The van der Waals surface area contributed by atoms with Gasteiger partial charge in [0.05, 0.1) is 18.8 Å². The maximum absolute atomic E-state index is 12.4. The molecule has 1 amide bonds. The molecule has 1 aliphatic rings. The molecule has 250 valence electrons. The number of nitrogens with one attached hydrogen (secondary N) is 1. The molecule has 0 bridgehead atoms. The lowest BCUT2D eigenvalue weighted by atomic mass is 9.99. The van der Waals surface area contributed by atoms with Crippen molar-refractivity contribution < 1.29 is 19.4 Å². The van der Waals surface area contributed by atoms with Gasteiger partial charge in [-0.1, -0.05) is 139 Å². The number of ether oxygens (including phenoxy) is 2. The maximum atomic E-state index is 12.4. The van der Waals surface area contributed by atoms with Gasteiger partial charge >= 0.3 is 0 Å². The van der Waals surface area contributed by atoms with Crippen LogP contribution in [0.15, 0.2) is 61.2 Å². The lowest BCUT2D eigenvalue weighted by molar-refractivity contribution is -0.252. The minimum absolute atomic E-state index is 0.000267. The molecule has 0 radical (unpaired) electrons. The van der Waals surface area contributed by atoms with Crippen LogP contribution >= 0.6 is 0 Å². The van der Waals surface area contributed by atoms with Crippen LogP contribution < -0.4 is 5.32 Å². The second-order valence-electron chi connectivity index (χ2n) is 12.9. The average molecular weight is 621 g/mol. The lowest BCUT2D eigenvalue weighted by Crippen LogP contribution is -2.37. The Kier molecular flexibility index (Phi) is 18.1. The predicted octanol–water partition coefficient (Wildman–Crippen LogP) is 8.94. The first-order valence-corrected chi connectivity index (χ1v) is 17.7. The van der Waals surface area contributed by atoms with Crippen molar-refractivity contribution in [1.29, 1.82) is 0 Å². The molecule has 1 heterocycles. The zero-order valence-electron chi connectivity index (χ0n) is 28.2. The molecule has 45 heavy (non-hydrogen) atoms. The van der Waals surface area contributed by atoms with Crippen LogP contribution in [0.5, 0.6) is 0 Å². The second-order valence-corrected chi connectivity index (χ2v) is 12.9. The van der Waals surface area contributed by atoms with Crippen molar-refractivity contribution >= 4 is 5.91 Å². The van der Waals surface area contributed by atoms with Crippen LogP contribution in [0.25, 0.3) is 0 Å². The van der Waals surface area contributed by atoms with Crippen molar-refractivity contribution in [3.05, 3.63) is 83.4 Å². The van der Waals surface area contributed by atoms with Gasteiger partial charge in [-0.2, -0.15) is 0 Å². The minimum atomic E-state index is -0.484. The first-order chi connectivity index (χ1) is 22.0. The molecular formula is C39H60N2O4. The van der Waals surface area contributed by atoms with Crippen LogP contribution in [-0.4, -0.2) is 42.2 Å². The van der Waals surface area contributed by atoms with Crippen LogP contribution in [0.4, 0.5) is 0 Å². The standard InChI is InChI=1S/C39H60N2O4/c1-4-6-7-8-9-10-11-12-13-14-15-16-17-18-38(43)40-29-32-19-25-35(26-20-32)39-44-36(30-41(3)27-5-2)28-37(45-39)34-23-21-33(31-42)22-24-34/h5,19-26,36-37,39,42H,2,4,6-18,27-31H2,1,3H3,(H,40,43). The number of carbonyl (C=O) groups is 1. The molecule has 2 aromatic rings. The lowest BCUT2D eigenvalue weighted by Gasteiger charge is -2.37. The number of aliphatic hydroxyl groups is 1. The highest BCUT2D eigenvalue weighted by Gasteiger charge is 2.32. The maximum Gasteiger partial charge on any atom is 0.220 e. The summed E-state index contributed by atoms with van der Waals surface area (Å²) in [5, 5.41) is 12.5. The summed E-state index contributed by atoms with van der Waals surface area (Å²) in [6, 6.07) is 16.1. The van der Waals surface area contributed by atoms with Gasteiger partial charge in [-0.15, -0.1) is 6.58 Å². The van der Waals surface area contributed by atoms with Crippen LogP contribution in [0.3, 0.4) is 0 Å². The Balaban J connectivity index is 1.37. The third kappa shape index (κ3) is 14.6. The van der Waals surface area contributed by atoms with Gasteiger partial charge in [0.2, 0.25) is 5.91 Å². The summed E-state index contributed by atoms with van der Waals surface area (Å²) in [4.78, 5) is 14.6. The summed E-state index contributed by atoms with van der Waals surface area (Å²) in [5.41, 5.74) is 3.99. The molecule has 1 fully saturated rings. The molecule has 3 atom stereocenters. The number of rotatable bonds is 23. The Morgan fingerprint density at radius 1 is 0.844 bits per heavy atom. The van der Waals surface area contributed by atoms with E-state index in [1.54, 1.807) is 0 Å². The van der Waals surface area contributed by atoms with E-state index in [4.69, 9.17) is 9.47 Å². The molecule has 6 heteroatoms. The summed E-state index contributed by atoms with van der Waals surface area (Å²) in [7, 11) is 2.07. The Morgan fingerprint density at radius 2 is 1.40 bits per heavy atom. The van der Waals surface area contributed by atoms with Crippen molar-refractivity contribution in [1.82, 2.24) is 10.2 Å². The van der Waals surface area contributed by atoms with Gasteiger partial charge < -0.3 is 24.8 Å². The van der Waals surface area contributed by atoms with Gasteiger partial charge in [0.1, 0.15) is 0 Å². The summed E-state index contributed by atoms with van der Waals surface area (Å²) < 4.78 is 12.9. The molecule has 2 N–H and O–H groups in total. The van der Waals surface area contributed by atoms with E-state index in [0.717, 1.165) is 54.6 Å². The minimum Gasteiger partial charge on any atom is -0.392 e. The largest absolute Gasteiger partial charge is 0.392 e. The van der Waals surface area contributed by atoms with Crippen LogP contribution in [-0.2, 0) is 27.4 Å². The molecule has 3 rings (SSSR count). The van der Waals surface area contributed by atoms with E-state index < -0.39 is 6.29 Å². The number of benzene rings is 2. The fourth-order valence-electron chi connectivity index (χ4n) is 6.06. The summed E-state index contributed by atoms with van der Waals surface area (Å²) in [6.07, 6.45) is 19.7. The third-order valence-electron chi connectivity index (χ3n) is 8.82. The van der Waals surface area contributed by atoms with Gasteiger partial charge in [0.25, 0.3) is 0 Å². The van der Waals surface area contributed by atoms with E-state index in [1.807, 2.05) is 54.6 Å². The highest BCUT2D eigenvalue weighted by Crippen LogP contribution is 2.38. The third-order valence-corrected chi connectivity index (χ3v) is 8.82. The first kappa shape index (κ1) is 37.0. The highest BCUT2D eigenvalue weighted by atomic mass is 16.7. The smallest absolute Gasteiger partial charge is 0.220 e. The number of aliphatic hydroxyl groups excluding tert-OH is 1. The zero-order chi connectivity index (χ0) is 32.1. The molecule has 0 aromatic heterocycles. The van der Waals surface area contributed by atoms with Gasteiger partial charge in [0, 0.05) is 38.0 Å². The highest BCUT2D eigenvalue weighted by molar-refractivity contribution is 5.75. The SMILES string of the molecule is C=CCN(C)CC1CC(c2ccc(CO)cc2)OC(c2ccc(CNC(=O)CCCCCCCCCCCCCCC)cc2)O1. The molecule has 2 aromatic carbocycles. The zero-order valence-corrected chi connectivity index (χ0v) is 28.2. The molecule has 0 saturated carbocycles. The fourth-order valence-corrected chi connectivity index (χ4v) is 6.06. The van der Waals surface area contributed by atoms with Gasteiger partial charge in [-0.25, -0.2) is 0 Å². The number of hydrogen-bond acceptors (Lipinski definition) is 5. The number of nitrogens with zero attached hydrogens (tertiary/aromatic N) is 1. The Morgan fingerprint density at radius 3 is 1.98 bits per heavy atom. The molecular weight excluding hydrogens is 560 g/mol. The van der Waals surface area contributed by atoms with E-state index in [-0.39, 0.29) is 24.7 Å². The first-order valence-electron chi connectivity index (χ1n) is 17.7. The second kappa shape index (κ2) is 22.1. The number of unbranched alkanes of at least 4 members (excludes halogenated alkanes) is 12. The van der Waals surface area contributed by atoms with Crippen LogP contribution in [0, 0.1) is 0 Å². The summed E-state index contributed by atoms with van der Waals surface area (Å²) >= 11 is 0.